The molecule has 1 amide bonds. The maximum absolute atomic E-state index is 11.6. The number of likely N-dealkylation sites (N-methyl/N-ethyl adjacent to an activating group) is 1. The fourth-order valence-electron chi connectivity index (χ4n) is 1.33. The Morgan fingerprint density at radius 1 is 1.67 bits per heavy atom. The zero-order chi connectivity index (χ0) is 13.4. The maximum Gasteiger partial charge on any atom is 0.239 e. The fourth-order valence-corrected chi connectivity index (χ4v) is 1.33. The Labute approximate surface area is 105 Å². The Morgan fingerprint density at radius 3 is 3.11 bits per heavy atom. The zero-order valence-electron chi connectivity index (χ0n) is 10.4. The van der Waals surface area contributed by atoms with Crippen LogP contribution < -0.4 is 10.2 Å². The van der Waals surface area contributed by atoms with Gasteiger partial charge >= 0.3 is 0 Å². The number of nitrogens with one attached hydrogen (secondary N) is 1. The molecule has 1 aromatic heterocycles. The molecule has 1 N–H and O–H groups in total. The number of amides is 1. The Kier molecular flexibility index (Phi) is 5.54. The molecular formula is C11H15N5O2. The molecule has 1 rings (SSSR count). The molecule has 7 nitrogen and oxygen atoms in total. The average Bonchev–Trinajstić information content (AvgIpc) is 2.39. The SMILES string of the molecule is COCCNC(=O)CN(C)c1nnccc1C#N. The quantitative estimate of drug-likeness (QED) is 0.686. The number of hydrogen-bond donors (Lipinski definition) is 1. The van der Waals surface area contributed by atoms with Crippen molar-refractivity contribution in [2.45, 2.75) is 0 Å². The number of methoxy groups -OCH3 is 1. The third-order valence-electron chi connectivity index (χ3n) is 2.19. The third-order valence-corrected chi connectivity index (χ3v) is 2.19. The van der Waals surface area contributed by atoms with Gasteiger partial charge in [0, 0.05) is 20.7 Å². The minimum absolute atomic E-state index is 0.108. The minimum Gasteiger partial charge on any atom is -0.383 e. The van der Waals surface area contributed by atoms with Crippen molar-refractivity contribution < 1.29 is 9.53 Å². The van der Waals surface area contributed by atoms with Crippen LogP contribution in [0, 0.1) is 11.3 Å². The molecule has 0 saturated heterocycles. The molecule has 0 fully saturated rings. The molecule has 7 heteroatoms. The van der Waals surface area contributed by atoms with E-state index in [0.717, 1.165) is 0 Å². The standard InChI is InChI=1S/C11H15N5O2/c1-16(8-10(17)13-5-6-18-2)11-9(7-12)3-4-14-15-11/h3-4H,5-6,8H2,1-2H3,(H,13,17). The van der Waals surface area contributed by atoms with Crippen LogP contribution in [0.25, 0.3) is 0 Å². The van der Waals surface area contributed by atoms with Crippen molar-refractivity contribution >= 4 is 11.7 Å². The van der Waals surface area contributed by atoms with Crippen LogP contribution in [0.1, 0.15) is 5.56 Å². The lowest BCUT2D eigenvalue weighted by atomic mass is 10.3. The van der Waals surface area contributed by atoms with Gasteiger partial charge < -0.3 is 15.0 Å². The van der Waals surface area contributed by atoms with Gasteiger partial charge in [-0.2, -0.15) is 10.4 Å². The Bertz CT molecular complexity index is 443. The van der Waals surface area contributed by atoms with Crippen molar-refractivity contribution in [2.75, 3.05) is 38.8 Å². The van der Waals surface area contributed by atoms with Gasteiger partial charge in [-0.1, -0.05) is 0 Å². The molecule has 0 spiro atoms. The summed E-state index contributed by atoms with van der Waals surface area (Å²) >= 11 is 0. The van der Waals surface area contributed by atoms with E-state index >= 15 is 0 Å². The summed E-state index contributed by atoms with van der Waals surface area (Å²) in [5, 5.41) is 19.1. The number of anilines is 1. The number of nitriles is 1. The number of aromatic nitrogens is 2. The maximum atomic E-state index is 11.6. The van der Waals surface area contributed by atoms with E-state index in [1.54, 1.807) is 25.1 Å². The normalized spacial score (nSPS) is 9.61. The molecule has 0 bridgehead atoms. The topological polar surface area (TPSA) is 91.1 Å². The van der Waals surface area contributed by atoms with Gasteiger partial charge in [0.05, 0.1) is 24.9 Å². The van der Waals surface area contributed by atoms with E-state index in [2.05, 4.69) is 15.5 Å². The van der Waals surface area contributed by atoms with Crippen molar-refractivity contribution in [3.63, 3.8) is 0 Å². The first-order chi connectivity index (χ1) is 8.69. The lowest BCUT2D eigenvalue weighted by molar-refractivity contribution is -0.119. The number of rotatable bonds is 6. The van der Waals surface area contributed by atoms with Crippen molar-refractivity contribution in [3.8, 4) is 6.07 Å². The summed E-state index contributed by atoms with van der Waals surface area (Å²) in [6, 6.07) is 3.56. The minimum atomic E-state index is -0.163. The molecule has 1 aromatic rings. The molecule has 18 heavy (non-hydrogen) atoms. The lowest BCUT2D eigenvalue weighted by Crippen LogP contribution is -2.37. The highest BCUT2D eigenvalue weighted by atomic mass is 16.5. The fraction of sp³-hybridized carbons (Fsp3) is 0.455. The van der Waals surface area contributed by atoms with Crippen LogP contribution in [0.4, 0.5) is 5.82 Å². The highest BCUT2D eigenvalue weighted by molar-refractivity contribution is 5.81. The summed E-state index contributed by atoms with van der Waals surface area (Å²) in [6.07, 6.45) is 1.44. The van der Waals surface area contributed by atoms with E-state index in [1.807, 2.05) is 6.07 Å². The molecule has 0 aliphatic heterocycles. The van der Waals surface area contributed by atoms with Crippen LogP contribution in [0.2, 0.25) is 0 Å². The van der Waals surface area contributed by atoms with E-state index in [9.17, 15) is 4.79 Å². The van der Waals surface area contributed by atoms with E-state index in [1.165, 1.54) is 6.20 Å². The zero-order valence-corrected chi connectivity index (χ0v) is 10.4. The second-order valence-corrected chi connectivity index (χ2v) is 3.58. The third kappa shape index (κ3) is 3.99. The summed E-state index contributed by atoms with van der Waals surface area (Å²) < 4.78 is 4.82. The van der Waals surface area contributed by atoms with E-state index in [-0.39, 0.29) is 12.5 Å². The highest BCUT2D eigenvalue weighted by Gasteiger charge is 2.12. The van der Waals surface area contributed by atoms with E-state index in [4.69, 9.17) is 10.00 Å². The molecule has 0 atom stereocenters. The smallest absolute Gasteiger partial charge is 0.239 e. The van der Waals surface area contributed by atoms with E-state index < -0.39 is 0 Å². The van der Waals surface area contributed by atoms with Gasteiger partial charge in [0.25, 0.3) is 0 Å². The van der Waals surface area contributed by atoms with Crippen LogP contribution in [0.3, 0.4) is 0 Å². The Hall–Kier alpha value is -2.20. The van der Waals surface area contributed by atoms with Gasteiger partial charge in [-0.15, -0.1) is 5.10 Å². The van der Waals surface area contributed by atoms with Crippen LogP contribution in [-0.4, -0.2) is 50.0 Å². The molecule has 96 valence electrons. The largest absolute Gasteiger partial charge is 0.383 e. The molecule has 0 aromatic carbocycles. The predicted octanol–water partition coefficient (Wildman–Crippen LogP) is -0.453. The van der Waals surface area contributed by atoms with Gasteiger partial charge in [0.15, 0.2) is 5.82 Å². The molecule has 1 heterocycles. The van der Waals surface area contributed by atoms with Crippen LogP contribution in [0.5, 0.6) is 0 Å². The Balaban J connectivity index is 2.57. The second kappa shape index (κ2) is 7.19. The van der Waals surface area contributed by atoms with Crippen molar-refractivity contribution in [2.24, 2.45) is 0 Å². The number of carbonyl (C=O) groups excluding carboxylic acids is 1. The summed E-state index contributed by atoms with van der Waals surface area (Å²) in [4.78, 5) is 13.1. The molecule has 0 saturated carbocycles. The summed E-state index contributed by atoms with van der Waals surface area (Å²) in [6.45, 7) is 1.02. The first-order valence-corrected chi connectivity index (χ1v) is 5.37. The molecule has 0 aliphatic rings. The summed E-state index contributed by atoms with van der Waals surface area (Å²) in [5.74, 6) is 0.228. The number of hydrogen-bond acceptors (Lipinski definition) is 6. The van der Waals surface area contributed by atoms with Crippen LogP contribution in [0.15, 0.2) is 12.3 Å². The first kappa shape index (κ1) is 13.9. The average molecular weight is 249 g/mol. The van der Waals surface area contributed by atoms with Gasteiger partial charge in [0.2, 0.25) is 5.91 Å². The second-order valence-electron chi connectivity index (χ2n) is 3.58. The van der Waals surface area contributed by atoms with Gasteiger partial charge in [-0.3, -0.25) is 4.79 Å². The highest BCUT2D eigenvalue weighted by Crippen LogP contribution is 2.12. The van der Waals surface area contributed by atoms with Crippen LogP contribution in [-0.2, 0) is 9.53 Å². The van der Waals surface area contributed by atoms with E-state index in [0.29, 0.717) is 24.5 Å². The number of carbonyl (C=O) groups is 1. The van der Waals surface area contributed by atoms with Crippen molar-refractivity contribution in [3.05, 3.63) is 17.8 Å². The molecule has 0 radical (unpaired) electrons. The summed E-state index contributed by atoms with van der Waals surface area (Å²) in [5.41, 5.74) is 0.386. The van der Waals surface area contributed by atoms with Gasteiger partial charge in [-0.25, -0.2) is 0 Å². The number of nitrogens with zero attached hydrogens (tertiary/aromatic N) is 4. The number of ether oxygens (including phenoxy) is 1. The predicted molar refractivity (Wildman–Crippen MR) is 64.9 cm³/mol. The van der Waals surface area contributed by atoms with Gasteiger partial charge in [-0.05, 0) is 6.07 Å². The van der Waals surface area contributed by atoms with Crippen molar-refractivity contribution in [1.82, 2.24) is 15.5 Å². The Morgan fingerprint density at radius 2 is 2.44 bits per heavy atom. The monoisotopic (exact) mass is 249 g/mol. The van der Waals surface area contributed by atoms with Crippen molar-refractivity contribution in [1.29, 1.82) is 5.26 Å². The van der Waals surface area contributed by atoms with Gasteiger partial charge in [0.1, 0.15) is 6.07 Å². The summed E-state index contributed by atoms with van der Waals surface area (Å²) in [7, 11) is 3.25. The molecular weight excluding hydrogens is 234 g/mol. The first-order valence-electron chi connectivity index (χ1n) is 5.37. The lowest BCUT2D eigenvalue weighted by Gasteiger charge is -2.17. The molecule has 0 aliphatic carbocycles. The van der Waals surface area contributed by atoms with Crippen LogP contribution >= 0.6 is 0 Å². The molecule has 0 unspecified atom stereocenters.